The molecule has 2 nitrogen and oxygen atoms in total. The summed E-state index contributed by atoms with van der Waals surface area (Å²) in [6.45, 7) is 1.23. The molecule has 0 aliphatic rings. The zero-order chi connectivity index (χ0) is 18.4. The van der Waals surface area contributed by atoms with Crippen molar-refractivity contribution in [2.45, 2.75) is 19.7 Å². The van der Waals surface area contributed by atoms with E-state index in [1.165, 1.54) is 18.2 Å². The number of nitrogens with one attached hydrogen (secondary N) is 1. The number of halogens is 3. The summed E-state index contributed by atoms with van der Waals surface area (Å²) < 4.78 is 32.6. The van der Waals surface area contributed by atoms with Gasteiger partial charge in [-0.05, 0) is 35.9 Å². The fourth-order valence-electron chi connectivity index (χ4n) is 2.55. The molecule has 0 fully saturated rings. The highest BCUT2D eigenvalue weighted by molar-refractivity contribution is 6.31. The number of hydrogen-bond donors (Lipinski definition) is 1. The van der Waals surface area contributed by atoms with Gasteiger partial charge in [0.25, 0.3) is 0 Å². The molecule has 3 aromatic rings. The second-order valence-electron chi connectivity index (χ2n) is 5.83. The van der Waals surface area contributed by atoms with Crippen LogP contribution in [-0.4, -0.2) is 0 Å². The summed E-state index contributed by atoms with van der Waals surface area (Å²) in [6.07, 6.45) is 0. The van der Waals surface area contributed by atoms with Gasteiger partial charge in [-0.2, -0.15) is 0 Å². The lowest BCUT2D eigenvalue weighted by Gasteiger charge is -2.13. The molecular formula is C21H18ClF2NO. The van der Waals surface area contributed by atoms with Crippen molar-refractivity contribution in [3.8, 4) is 5.75 Å². The highest BCUT2D eigenvalue weighted by atomic mass is 35.5. The molecule has 134 valence electrons. The van der Waals surface area contributed by atoms with Crippen LogP contribution in [0.3, 0.4) is 0 Å². The monoisotopic (exact) mass is 373 g/mol. The molecule has 26 heavy (non-hydrogen) atoms. The van der Waals surface area contributed by atoms with Crippen LogP contribution in [0.15, 0.2) is 66.7 Å². The van der Waals surface area contributed by atoms with E-state index in [4.69, 9.17) is 16.3 Å². The first-order valence-corrected chi connectivity index (χ1v) is 8.60. The molecule has 0 saturated heterocycles. The lowest BCUT2D eigenvalue weighted by molar-refractivity contribution is 0.296. The van der Waals surface area contributed by atoms with Crippen molar-refractivity contribution in [3.05, 3.63) is 100 Å². The van der Waals surface area contributed by atoms with E-state index in [1.807, 2.05) is 24.3 Å². The third kappa shape index (κ3) is 4.81. The average Bonchev–Trinajstić information content (AvgIpc) is 2.64. The number of hydrogen-bond acceptors (Lipinski definition) is 2. The van der Waals surface area contributed by atoms with Crippen LogP contribution >= 0.6 is 11.6 Å². The van der Waals surface area contributed by atoms with Crippen LogP contribution in [0, 0.1) is 11.6 Å². The first-order chi connectivity index (χ1) is 12.6. The van der Waals surface area contributed by atoms with Crippen molar-refractivity contribution in [3.63, 3.8) is 0 Å². The Labute approximate surface area is 156 Å². The maximum absolute atomic E-state index is 13.9. The quantitative estimate of drug-likeness (QED) is 0.591. The lowest BCUT2D eigenvalue weighted by Crippen LogP contribution is -2.13. The molecule has 5 heteroatoms. The largest absolute Gasteiger partial charge is 0.488 e. The normalized spacial score (nSPS) is 10.7. The van der Waals surface area contributed by atoms with Gasteiger partial charge in [-0.1, -0.05) is 48.0 Å². The van der Waals surface area contributed by atoms with Gasteiger partial charge in [-0.25, -0.2) is 8.78 Å². The van der Waals surface area contributed by atoms with Crippen LogP contribution in [-0.2, 0) is 19.7 Å². The van der Waals surface area contributed by atoms with Gasteiger partial charge in [-0.3, -0.25) is 0 Å². The molecule has 0 aromatic heterocycles. The van der Waals surface area contributed by atoms with E-state index in [1.54, 1.807) is 24.3 Å². The van der Waals surface area contributed by atoms with E-state index in [0.29, 0.717) is 29.4 Å². The van der Waals surface area contributed by atoms with Crippen molar-refractivity contribution in [2.75, 3.05) is 0 Å². The van der Waals surface area contributed by atoms with Crippen molar-refractivity contribution in [1.82, 2.24) is 5.32 Å². The van der Waals surface area contributed by atoms with Gasteiger partial charge < -0.3 is 10.1 Å². The van der Waals surface area contributed by atoms with Crippen molar-refractivity contribution in [1.29, 1.82) is 0 Å². The molecule has 0 aliphatic carbocycles. The second kappa shape index (κ2) is 8.79. The Morgan fingerprint density at radius 3 is 2.38 bits per heavy atom. The Kier molecular flexibility index (Phi) is 6.21. The van der Waals surface area contributed by atoms with Crippen molar-refractivity contribution < 1.29 is 13.5 Å². The van der Waals surface area contributed by atoms with E-state index < -0.39 is 0 Å². The number of ether oxygens (including phenoxy) is 1. The topological polar surface area (TPSA) is 21.3 Å². The molecule has 0 radical (unpaired) electrons. The summed E-state index contributed by atoms with van der Waals surface area (Å²) in [6, 6.07) is 18.5. The van der Waals surface area contributed by atoms with Crippen LogP contribution in [0.25, 0.3) is 0 Å². The smallest absolute Gasteiger partial charge is 0.131 e. The van der Waals surface area contributed by atoms with Gasteiger partial charge in [0.2, 0.25) is 0 Å². The molecule has 0 unspecified atom stereocenters. The Hall–Kier alpha value is -2.43. The molecule has 3 aromatic carbocycles. The zero-order valence-corrected chi connectivity index (χ0v) is 14.8. The van der Waals surface area contributed by atoms with E-state index in [0.717, 1.165) is 11.1 Å². The highest BCUT2D eigenvalue weighted by Crippen LogP contribution is 2.23. The summed E-state index contributed by atoms with van der Waals surface area (Å²) in [4.78, 5) is 0. The van der Waals surface area contributed by atoms with Crippen LogP contribution < -0.4 is 10.1 Å². The molecule has 0 amide bonds. The van der Waals surface area contributed by atoms with Crippen molar-refractivity contribution in [2.24, 2.45) is 0 Å². The number of rotatable bonds is 7. The maximum Gasteiger partial charge on any atom is 0.131 e. The van der Waals surface area contributed by atoms with E-state index in [2.05, 4.69) is 5.32 Å². The van der Waals surface area contributed by atoms with Gasteiger partial charge in [-0.15, -0.1) is 0 Å². The first kappa shape index (κ1) is 18.4. The summed E-state index contributed by atoms with van der Waals surface area (Å²) >= 11 is 6.04. The van der Waals surface area contributed by atoms with Crippen LogP contribution in [0.1, 0.15) is 16.7 Å². The standard InChI is InChI=1S/C21H18ClF2NO/c22-19-5-3-6-20(24)18(19)14-26-21-7-2-1-4-16(21)13-25-12-15-8-10-17(23)11-9-15/h1-11,25H,12-14H2. The van der Waals surface area contributed by atoms with Gasteiger partial charge >= 0.3 is 0 Å². The molecule has 0 heterocycles. The third-order valence-electron chi connectivity index (χ3n) is 3.96. The van der Waals surface area contributed by atoms with Gasteiger partial charge in [0.05, 0.1) is 5.02 Å². The first-order valence-electron chi connectivity index (χ1n) is 8.22. The van der Waals surface area contributed by atoms with E-state index in [-0.39, 0.29) is 18.2 Å². The molecule has 0 spiro atoms. The maximum atomic E-state index is 13.9. The Bertz CT molecular complexity index is 848. The van der Waals surface area contributed by atoms with Crippen LogP contribution in [0.5, 0.6) is 5.75 Å². The van der Waals surface area contributed by atoms with E-state index >= 15 is 0 Å². The minimum absolute atomic E-state index is 0.0560. The highest BCUT2D eigenvalue weighted by Gasteiger charge is 2.09. The molecular weight excluding hydrogens is 356 g/mol. The third-order valence-corrected chi connectivity index (χ3v) is 4.32. The summed E-state index contributed by atoms with van der Waals surface area (Å²) in [7, 11) is 0. The minimum Gasteiger partial charge on any atom is -0.488 e. The molecule has 1 N–H and O–H groups in total. The average molecular weight is 374 g/mol. The number of para-hydroxylation sites is 1. The Balaban J connectivity index is 1.61. The Morgan fingerprint density at radius 2 is 1.62 bits per heavy atom. The zero-order valence-electron chi connectivity index (χ0n) is 14.0. The molecule has 0 aliphatic heterocycles. The lowest BCUT2D eigenvalue weighted by atomic mass is 10.1. The number of benzene rings is 3. The second-order valence-corrected chi connectivity index (χ2v) is 6.23. The summed E-state index contributed by atoms with van der Waals surface area (Å²) in [5.74, 6) is 0.0298. The molecule has 0 atom stereocenters. The molecule has 0 bridgehead atoms. The van der Waals surface area contributed by atoms with E-state index in [9.17, 15) is 8.78 Å². The van der Waals surface area contributed by atoms with Gasteiger partial charge in [0, 0.05) is 24.2 Å². The van der Waals surface area contributed by atoms with Crippen LogP contribution in [0.2, 0.25) is 5.02 Å². The SMILES string of the molecule is Fc1ccc(CNCc2ccccc2OCc2c(F)cccc2Cl)cc1. The van der Waals surface area contributed by atoms with Crippen molar-refractivity contribution >= 4 is 11.6 Å². The predicted octanol–water partition coefficient (Wildman–Crippen LogP) is 5.49. The summed E-state index contributed by atoms with van der Waals surface area (Å²) in [5.41, 5.74) is 2.27. The molecule has 0 saturated carbocycles. The fraction of sp³-hybridized carbons (Fsp3) is 0.143. The van der Waals surface area contributed by atoms with Gasteiger partial charge in [0.1, 0.15) is 24.0 Å². The minimum atomic E-state index is -0.385. The van der Waals surface area contributed by atoms with Gasteiger partial charge in [0.15, 0.2) is 0 Å². The molecule has 3 rings (SSSR count). The summed E-state index contributed by atoms with van der Waals surface area (Å²) in [5, 5.41) is 3.64. The Morgan fingerprint density at radius 1 is 0.846 bits per heavy atom. The fourth-order valence-corrected chi connectivity index (χ4v) is 2.77. The van der Waals surface area contributed by atoms with Crippen LogP contribution in [0.4, 0.5) is 8.78 Å². The predicted molar refractivity (Wildman–Crippen MR) is 99.1 cm³/mol.